The van der Waals surface area contributed by atoms with E-state index in [2.05, 4.69) is 38.4 Å². The molecule has 3 aromatic rings. The van der Waals surface area contributed by atoms with Crippen LogP contribution in [0.4, 0.5) is 0 Å². The summed E-state index contributed by atoms with van der Waals surface area (Å²) in [6.45, 7) is 4.00. The van der Waals surface area contributed by atoms with Crippen molar-refractivity contribution in [1.82, 2.24) is 24.8 Å². The third-order valence-electron chi connectivity index (χ3n) is 8.52. The van der Waals surface area contributed by atoms with E-state index in [1.54, 1.807) is 4.57 Å². The maximum atomic E-state index is 13.0. The van der Waals surface area contributed by atoms with Gasteiger partial charge in [-0.05, 0) is 81.7 Å². The van der Waals surface area contributed by atoms with Crippen molar-refractivity contribution in [3.63, 3.8) is 0 Å². The molecule has 5 atom stereocenters. The summed E-state index contributed by atoms with van der Waals surface area (Å²) in [5.74, 6) is 1.09. The summed E-state index contributed by atoms with van der Waals surface area (Å²) < 4.78 is 1.62. The summed E-state index contributed by atoms with van der Waals surface area (Å²) in [4.78, 5) is 23.3. The monoisotopic (exact) mass is 580 g/mol. The number of rotatable bonds is 11. The average molecular weight is 581 g/mol. The molecule has 1 unspecified atom stereocenters. The van der Waals surface area contributed by atoms with Crippen LogP contribution in [0.5, 0.6) is 0 Å². The second-order valence-corrected chi connectivity index (χ2v) is 12.9. The number of H-pyrrole nitrogens is 1. The van der Waals surface area contributed by atoms with Crippen molar-refractivity contribution in [2.24, 2.45) is 17.4 Å². The Morgan fingerprint density at radius 2 is 2.10 bits per heavy atom. The number of aromatic nitrogens is 3. The van der Waals surface area contributed by atoms with Crippen LogP contribution in [0.1, 0.15) is 75.2 Å². The van der Waals surface area contributed by atoms with Gasteiger partial charge in [0.25, 0.3) is 0 Å². The molecule has 222 valence electrons. The number of likely N-dealkylation sites (tertiary alicyclic amines) is 1. The first-order chi connectivity index (χ1) is 19.8. The average Bonchev–Trinajstić information content (AvgIpc) is 3.56. The van der Waals surface area contributed by atoms with Crippen LogP contribution in [0.25, 0.3) is 16.7 Å². The Labute approximate surface area is 245 Å². The zero-order valence-electron chi connectivity index (χ0n) is 23.9. The number of aliphatic hydroxyl groups is 1. The highest BCUT2D eigenvalue weighted by Crippen LogP contribution is 2.36. The van der Waals surface area contributed by atoms with Crippen LogP contribution >= 0.6 is 11.8 Å². The fourth-order valence-corrected chi connectivity index (χ4v) is 7.01. The second kappa shape index (κ2) is 13.5. The lowest BCUT2D eigenvalue weighted by Crippen LogP contribution is -2.37. The number of hydrogen-bond donors (Lipinski definition) is 6. The van der Waals surface area contributed by atoms with Crippen molar-refractivity contribution in [3.8, 4) is 5.69 Å². The molecule has 1 aromatic carbocycles. The summed E-state index contributed by atoms with van der Waals surface area (Å²) in [6.07, 6.45) is 9.10. The third-order valence-corrected chi connectivity index (χ3v) is 9.27. The number of thioether (sulfide) groups is 1. The number of benzene rings is 1. The molecule has 0 saturated carbocycles. The van der Waals surface area contributed by atoms with Crippen LogP contribution in [0.2, 0.25) is 0 Å². The van der Waals surface area contributed by atoms with Crippen LogP contribution in [-0.2, 0) is 0 Å². The van der Waals surface area contributed by atoms with Crippen LogP contribution in [-0.4, -0.2) is 67.2 Å². The van der Waals surface area contributed by atoms with Crippen molar-refractivity contribution >= 4 is 28.0 Å². The maximum absolute atomic E-state index is 13.0. The van der Waals surface area contributed by atoms with Gasteiger partial charge in [0.15, 0.2) is 5.17 Å². The van der Waals surface area contributed by atoms with Gasteiger partial charge in [0, 0.05) is 54.3 Å². The Bertz CT molecular complexity index is 1370. The molecule has 2 aliphatic heterocycles. The highest BCUT2D eigenvalue weighted by molar-refractivity contribution is 8.13. The van der Waals surface area contributed by atoms with Crippen LogP contribution in [0.3, 0.4) is 0 Å². The number of amidine groups is 1. The molecule has 5 rings (SSSR count). The molecule has 2 fully saturated rings. The first-order valence-electron chi connectivity index (χ1n) is 14.9. The van der Waals surface area contributed by atoms with Crippen molar-refractivity contribution in [3.05, 3.63) is 58.3 Å². The standard InChI is InChI=1S/C30H44N8O2S/c1-19(31)4-3-12-37-16-20(18-39)14-27(37)26-15-22-17-38(30(40)36-28(22)35-26)24-9-7-21(8-10-24)25-6-2-5-23(34-25)11-13-41-29(32)33/h7-10,15,17,19-20,23,25,27,34,39H,2-6,11-14,16,18,31H2,1H3,(H3,32,33)(H,35,36,40)/t19-,20-,23+,25+,27?/m1/s1. The molecule has 2 saturated heterocycles. The Balaban J connectivity index is 1.30. The van der Waals surface area contributed by atoms with Gasteiger partial charge in [-0.25, -0.2) is 4.79 Å². The van der Waals surface area contributed by atoms with Crippen molar-refractivity contribution in [1.29, 1.82) is 5.41 Å². The van der Waals surface area contributed by atoms with Gasteiger partial charge in [-0.2, -0.15) is 4.98 Å². The second-order valence-electron chi connectivity index (χ2n) is 11.8. The van der Waals surface area contributed by atoms with Crippen LogP contribution < -0.4 is 22.5 Å². The van der Waals surface area contributed by atoms with Gasteiger partial charge >= 0.3 is 5.69 Å². The number of aromatic amines is 1. The summed E-state index contributed by atoms with van der Waals surface area (Å²) in [6, 6.07) is 11.3. The Morgan fingerprint density at radius 3 is 2.83 bits per heavy atom. The fourth-order valence-electron chi connectivity index (χ4n) is 6.39. The minimum Gasteiger partial charge on any atom is -0.396 e. The molecule has 0 radical (unpaired) electrons. The molecular formula is C30H44N8O2S. The topological polar surface area (TPSA) is 162 Å². The Hall–Kier alpha value is -2.70. The van der Waals surface area contributed by atoms with E-state index in [1.165, 1.54) is 17.3 Å². The molecule has 2 aromatic heterocycles. The lowest BCUT2D eigenvalue weighted by Gasteiger charge is -2.31. The van der Waals surface area contributed by atoms with E-state index < -0.39 is 0 Å². The third kappa shape index (κ3) is 7.39. The van der Waals surface area contributed by atoms with E-state index in [1.807, 2.05) is 25.3 Å². The first kappa shape index (κ1) is 29.8. The number of nitrogens with one attached hydrogen (secondary N) is 3. The molecule has 4 heterocycles. The molecular weight excluding hydrogens is 536 g/mol. The smallest absolute Gasteiger partial charge is 0.354 e. The Kier molecular flexibility index (Phi) is 9.82. The Morgan fingerprint density at radius 1 is 1.29 bits per heavy atom. The van der Waals surface area contributed by atoms with Gasteiger partial charge in [0.05, 0.1) is 11.7 Å². The number of hydrogen-bond acceptors (Lipinski definition) is 8. The number of piperidine rings is 1. The number of fused-ring (bicyclic) bond motifs is 1. The zero-order valence-corrected chi connectivity index (χ0v) is 24.7. The maximum Gasteiger partial charge on any atom is 0.354 e. The molecule has 41 heavy (non-hydrogen) atoms. The first-order valence-corrected chi connectivity index (χ1v) is 15.8. The normalized spacial score (nSPS) is 24.2. The van der Waals surface area contributed by atoms with E-state index in [9.17, 15) is 9.90 Å². The van der Waals surface area contributed by atoms with Crippen molar-refractivity contribution in [2.45, 2.75) is 76.0 Å². The van der Waals surface area contributed by atoms with Gasteiger partial charge in [0.2, 0.25) is 0 Å². The highest BCUT2D eigenvalue weighted by atomic mass is 32.2. The van der Waals surface area contributed by atoms with Gasteiger partial charge in [-0.3, -0.25) is 14.9 Å². The quantitative estimate of drug-likeness (QED) is 0.149. The van der Waals surface area contributed by atoms with Crippen LogP contribution in [0.15, 0.2) is 41.3 Å². The lowest BCUT2D eigenvalue weighted by molar-refractivity contribution is 0.213. The van der Waals surface area contributed by atoms with Crippen molar-refractivity contribution in [2.75, 3.05) is 25.4 Å². The predicted molar refractivity (Wildman–Crippen MR) is 167 cm³/mol. The van der Waals surface area contributed by atoms with E-state index in [0.29, 0.717) is 11.7 Å². The summed E-state index contributed by atoms with van der Waals surface area (Å²) in [5, 5.41) is 22.1. The van der Waals surface area contributed by atoms with E-state index in [0.717, 1.165) is 80.6 Å². The summed E-state index contributed by atoms with van der Waals surface area (Å²) >= 11 is 1.40. The fraction of sp³-hybridized carbons (Fsp3) is 0.567. The van der Waals surface area contributed by atoms with E-state index >= 15 is 0 Å². The van der Waals surface area contributed by atoms with Gasteiger partial charge in [0.1, 0.15) is 5.65 Å². The number of aliphatic hydroxyl groups excluding tert-OH is 1. The number of nitrogens with zero attached hydrogens (tertiary/aromatic N) is 3. The largest absolute Gasteiger partial charge is 0.396 e. The number of nitrogens with two attached hydrogens (primary N) is 2. The molecule has 8 N–H and O–H groups in total. The highest BCUT2D eigenvalue weighted by Gasteiger charge is 2.33. The predicted octanol–water partition coefficient (Wildman–Crippen LogP) is 3.40. The minimum absolute atomic E-state index is 0.158. The van der Waals surface area contributed by atoms with E-state index in [4.69, 9.17) is 16.9 Å². The SMILES string of the molecule is C[C@@H](N)CCCN1C[C@H](CO)CC1c1cc2cn(-c3ccc([C@@H]4CCC[C@@H](CCSC(=N)N)N4)cc3)c(=O)nc2[nH]1. The minimum atomic E-state index is -0.314. The molecule has 0 amide bonds. The molecule has 2 aliphatic rings. The molecule has 11 heteroatoms. The van der Waals surface area contributed by atoms with Crippen LogP contribution in [0, 0.1) is 11.3 Å². The van der Waals surface area contributed by atoms with Gasteiger partial charge in [-0.15, -0.1) is 0 Å². The molecule has 0 bridgehead atoms. The molecule has 10 nitrogen and oxygen atoms in total. The van der Waals surface area contributed by atoms with Gasteiger partial charge in [-0.1, -0.05) is 30.3 Å². The summed E-state index contributed by atoms with van der Waals surface area (Å²) in [5.41, 5.74) is 14.8. The zero-order chi connectivity index (χ0) is 28.9. The lowest BCUT2D eigenvalue weighted by atomic mass is 9.92. The van der Waals surface area contributed by atoms with E-state index in [-0.39, 0.29) is 41.5 Å². The van der Waals surface area contributed by atoms with Gasteiger partial charge < -0.3 is 26.9 Å². The summed E-state index contributed by atoms with van der Waals surface area (Å²) in [7, 11) is 0. The molecule has 0 aliphatic carbocycles. The molecule has 0 spiro atoms. The van der Waals surface area contributed by atoms with Crippen molar-refractivity contribution < 1.29 is 5.11 Å².